The second-order valence-electron chi connectivity index (χ2n) is 7.98. The Morgan fingerprint density at radius 2 is 1.94 bits per heavy atom. The smallest absolute Gasteiger partial charge is 0.324 e. The van der Waals surface area contributed by atoms with E-state index >= 15 is 0 Å². The van der Waals surface area contributed by atoms with Gasteiger partial charge in [-0.2, -0.15) is 5.26 Å². The number of hydrogen-bond acceptors (Lipinski definition) is 6. The Kier molecular flexibility index (Phi) is 7.18. The van der Waals surface area contributed by atoms with Gasteiger partial charge >= 0.3 is 6.03 Å². The molecule has 1 fully saturated rings. The first kappa shape index (κ1) is 23.3. The summed E-state index contributed by atoms with van der Waals surface area (Å²) in [5.41, 5.74) is 1.95. The molecular weight excluding hydrogens is 428 g/mol. The molecule has 4 amide bonds. The van der Waals surface area contributed by atoms with Crippen LogP contribution in [0, 0.1) is 11.3 Å². The minimum Gasteiger partial charge on any atom is -0.324 e. The van der Waals surface area contributed by atoms with Crippen LogP contribution in [0.2, 0.25) is 0 Å². The van der Waals surface area contributed by atoms with Crippen molar-refractivity contribution in [2.24, 2.45) is 0 Å². The fraction of sp³-hybridized carbons (Fsp3) is 0.304. The van der Waals surface area contributed by atoms with E-state index in [1.54, 1.807) is 13.8 Å². The van der Waals surface area contributed by atoms with E-state index in [-0.39, 0.29) is 18.7 Å². The highest BCUT2D eigenvalue weighted by molar-refractivity contribution is 7.99. The molecule has 32 heavy (non-hydrogen) atoms. The lowest BCUT2D eigenvalue weighted by Crippen LogP contribution is -2.47. The second kappa shape index (κ2) is 9.85. The van der Waals surface area contributed by atoms with E-state index in [0.29, 0.717) is 11.5 Å². The molecule has 1 aliphatic heterocycles. The standard InChI is InChI=1S/C23H24N4O4S/c1-23(2)21(29)26(22(30)25-23)13-19(27(31)15-28)14-32-20-8-6-17(7-9-20)18-5-3-4-16(12-18)10-11-24/h3-9,12,15,19,31H,10,13-14H2,1-2H3,(H,25,30). The maximum absolute atomic E-state index is 12.4. The summed E-state index contributed by atoms with van der Waals surface area (Å²) < 4.78 is 0. The van der Waals surface area contributed by atoms with Crippen LogP contribution in [0.1, 0.15) is 19.4 Å². The van der Waals surface area contributed by atoms with E-state index < -0.39 is 23.5 Å². The normalized spacial score (nSPS) is 15.8. The summed E-state index contributed by atoms with van der Waals surface area (Å²) in [5, 5.41) is 21.9. The number of imide groups is 1. The summed E-state index contributed by atoms with van der Waals surface area (Å²) in [4.78, 5) is 37.6. The Morgan fingerprint density at radius 3 is 2.53 bits per heavy atom. The van der Waals surface area contributed by atoms with E-state index in [1.165, 1.54) is 11.8 Å². The van der Waals surface area contributed by atoms with Gasteiger partial charge in [0.1, 0.15) is 5.54 Å². The third-order valence-corrected chi connectivity index (χ3v) is 6.32. The first-order valence-corrected chi connectivity index (χ1v) is 11.0. The van der Waals surface area contributed by atoms with Gasteiger partial charge in [0.05, 0.1) is 25.1 Å². The molecule has 2 N–H and O–H groups in total. The van der Waals surface area contributed by atoms with Crippen molar-refractivity contribution in [2.75, 3.05) is 12.3 Å². The molecule has 0 spiro atoms. The number of rotatable bonds is 9. The molecule has 0 aromatic heterocycles. The largest absolute Gasteiger partial charge is 0.325 e. The topological polar surface area (TPSA) is 114 Å². The number of carbonyl (C=O) groups is 3. The Hall–Kier alpha value is -3.35. The number of amides is 4. The monoisotopic (exact) mass is 452 g/mol. The predicted octanol–water partition coefficient (Wildman–Crippen LogP) is 3.06. The van der Waals surface area contributed by atoms with Crippen molar-refractivity contribution in [1.29, 1.82) is 5.26 Å². The van der Waals surface area contributed by atoms with E-state index in [4.69, 9.17) is 5.26 Å². The average molecular weight is 453 g/mol. The number of nitrogens with one attached hydrogen (secondary N) is 1. The van der Waals surface area contributed by atoms with Crippen molar-refractivity contribution >= 4 is 30.1 Å². The molecule has 2 aromatic rings. The number of nitrogens with zero attached hydrogens (tertiary/aromatic N) is 3. The highest BCUT2D eigenvalue weighted by Gasteiger charge is 2.45. The molecule has 166 valence electrons. The van der Waals surface area contributed by atoms with Crippen LogP contribution in [-0.2, 0) is 16.0 Å². The predicted molar refractivity (Wildman–Crippen MR) is 120 cm³/mol. The number of hydrogen-bond donors (Lipinski definition) is 2. The third kappa shape index (κ3) is 5.28. The molecule has 1 atom stereocenters. The van der Waals surface area contributed by atoms with Crippen LogP contribution in [0.5, 0.6) is 0 Å². The van der Waals surface area contributed by atoms with E-state index in [0.717, 1.165) is 26.5 Å². The molecule has 1 heterocycles. The molecule has 0 aliphatic carbocycles. The van der Waals surface area contributed by atoms with Crippen molar-refractivity contribution in [1.82, 2.24) is 15.3 Å². The molecule has 0 bridgehead atoms. The SMILES string of the molecule is CC1(C)NC(=O)N(CC(CSc2ccc(-c3cccc(CC#N)c3)cc2)N(O)C=O)C1=O. The van der Waals surface area contributed by atoms with Crippen molar-refractivity contribution in [2.45, 2.75) is 36.7 Å². The lowest BCUT2D eigenvalue weighted by atomic mass is 10.0. The Balaban J connectivity index is 1.67. The third-order valence-electron chi connectivity index (χ3n) is 5.16. The van der Waals surface area contributed by atoms with E-state index in [9.17, 15) is 19.6 Å². The minimum absolute atomic E-state index is 0.111. The van der Waals surface area contributed by atoms with Gasteiger partial charge in [0.25, 0.3) is 5.91 Å². The van der Waals surface area contributed by atoms with Gasteiger partial charge in [-0.1, -0.05) is 36.4 Å². The van der Waals surface area contributed by atoms with Gasteiger partial charge in [-0.05, 0) is 42.7 Å². The Bertz CT molecular complexity index is 1050. The molecule has 3 rings (SSSR count). The van der Waals surface area contributed by atoms with Gasteiger partial charge in [0.15, 0.2) is 0 Å². The van der Waals surface area contributed by atoms with Gasteiger partial charge < -0.3 is 5.32 Å². The zero-order valence-corrected chi connectivity index (χ0v) is 18.6. The first-order chi connectivity index (χ1) is 15.2. The maximum Gasteiger partial charge on any atom is 0.325 e. The van der Waals surface area contributed by atoms with Crippen molar-refractivity contribution in [3.8, 4) is 17.2 Å². The molecular formula is C23H24N4O4S. The molecule has 0 saturated carbocycles. The molecule has 0 radical (unpaired) electrons. The van der Waals surface area contributed by atoms with Crippen LogP contribution in [0.25, 0.3) is 11.1 Å². The number of benzene rings is 2. The lowest BCUT2D eigenvalue weighted by molar-refractivity contribution is -0.160. The molecule has 1 unspecified atom stereocenters. The zero-order valence-electron chi connectivity index (χ0n) is 17.8. The molecule has 1 saturated heterocycles. The fourth-order valence-corrected chi connectivity index (χ4v) is 4.35. The number of thioether (sulfide) groups is 1. The van der Waals surface area contributed by atoms with Gasteiger partial charge in [-0.15, -0.1) is 11.8 Å². The van der Waals surface area contributed by atoms with Crippen molar-refractivity contribution in [3.05, 3.63) is 54.1 Å². The lowest BCUT2D eigenvalue weighted by Gasteiger charge is -2.26. The molecule has 8 nitrogen and oxygen atoms in total. The van der Waals surface area contributed by atoms with Gasteiger partial charge in [0, 0.05) is 10.6 Å². The number of carbonyl (C=O) groups excluding carboxylic acids is 3. The minimum atomic E-state index is -1.02. The van der Waals surface area contributed by atoms with Crippen LogP contribution in [-0.4, -0.2) is 57.4 Å². The summed E-state index contributed by atoms with van der Waals surface area (Å²) in [7, 11) is 0. The van der Waals surface area contributed by atoms with Gasteiger partial charge in [-0.3, -0.25) is 19.7 Å². The summed E-state index contributed by atoms with van der Waals surface area (Å²) in [6, 6.07) is 16.4. The summed E-state index contributed by atoms with van der Waals surface area (Å²) >= 11 is 1.40. The van der Waals surface area contributed by atoms with Gasteiger partial charge in [0.2, 0.25) is 6.41 Å². The highest BCUT2D eigenvalue weighted by atomic mass is 32.2. The summed E-state index contributed by atoms with van der Waals surface area (Å²) in [5.74, 6) is -0.122. The van der Waals surface area contributed by atoms with Crippen molar-refractivity contribution in [3.63, 3.8) is 0 Å². The van der Waals surface area contributed by atoms with Crippen LogP contribution in [0.3, 0.4) is 0 Å². The second-order valence-corrected chi connectivity index (χ2v) is 9.07. The van der Waals surface area contributed by atoms with Gasteiger partial charge in [-0.25, -0.2) is 9.86 Å². The Morgan fingerprint density at radius 1 is 1.22 bits per heavy atom. The van der Waals surface area contributed by atoms with Crippen LogP contribution in [0.15, 0.2) is 53.4 Å². The molecule has 2 aromatic carbocycles. The van der Waals surface area contributed by atoms with E-state index in [2.05, 4.69) is 11.4 Å². The number of hydroxylamine groups is 2. The molecule has 9 heteroatoms. The first-order valence-electron chi connectivity index (χ1n) is 10.0. The van der Waals surface area contributed by atoms with Crippen molar-refractivity contribution < 1.29 is 19.6 Å². The van der Waals surface area contributed by atoms with Crippen LogP contribution < -0.4 is 5.32 Å². The Labute approximate surface area is 190 Å². The maximum atomic E-state index is 12.4. The van der Waals surface area contributed by atoms with E-state index in [1.807, 2.05) is 48.5 Å². The number of urea groups is 1. The quantitative estimate of drug-likeness (QED) is 0.199. The summed E-state index contributed by atoms with van der Waals surface area (Å²) in [6.45, 7) is 3.09. The van der Waals surface area contributed by atoms with Crippen LogP contribution >= 0.6 is 11.8 Å². The highest BCUT2D eigenvalue weighted by Crippen LogP contribution is 2.27. The fourth-order valence-electron chi connectivity index (χ4n) is 3.38. The molecule has 1 aliphatic rings. The summed E-state index contributed by atoms with van der Waals surface area (Å²) in [6.07, 6.45) is 0.623. The van der Waals surface area contributed by atoms with Crippen LogP contribution in [0.4, 0.5) is 4.79 Å². The average Bonchev–Trinajstić information content (AvgIpc) is 2.97. The zero-order chi connectivity index (χ0) is 23.3. The number of nitriles is 1.